The summed E-state index contributed by atoms with van der Waals surface area (Å²) in [5.41, 5.74) is 0.165. The molecule has 2 aliphatic carbocycles. The molecule has 2 bridgehead atoms. The second kappa shape index (κ2) is 6.69. The van der Waals surface area contributed by atoms with Crippen LogP contribution in [0, 0.1) is 17.3 Å². The maximum absolute atomic E-state index is 12.4. The Bertz CT molecular complexity index is 434. The van der Waals surface area contributed by atoms with Gasteiger partial charge in [-0.1, -0.05) is 13.8 Å². The predicted octanol–water partition coefficient (Wildman–Crippen LogP) is 1.24. The van der Waals surface area contributed by atoms with Gasteiger partial charge in [0.2, 0.25) is 5.91 Å². The second-order valence-electron chi connectivity index (χ2n) is 8.31. The monoisotopic (exact) mass is 323 g/mol. The van der Waals surface area contributed by atoms with E-state index in [0.29, 0.717) is 12.5 Å². The zero-order valence-corrected chi connectivity index (χ0v) is 15.0. The first-order valence-electron chi connectivity index (χ1n) is 9.25. The van der Waals surface area contributed by atoms with Gasteiger partial charge in [0.15, 0.2) is 0 Å². The Hall–Kier alpha value is -0.650. The van der Waals surface area contributed by atoms with Gasteiger partial charge in [-0.15, -0.1) is 0 Å². The Kier molecular flexibility index (Phi) is 5.00. The van der Waals surface area contributed by atoms with E-state index in [2.05, 4.69) is 36.3 Å². The van der Waals surface area contributed by atoms with Crippen LogP contribution in [-0.4, -0.2) is 62.3 Å². The van der Waals surface area contributed by atoms with Gasteiger partial charge < -0.3 is 15.4 Å². The molecule has 5 heteroatoms. The van der Waals surface area contributed by atoms with E-state index >= 15 is 0 Å². The molecule has 3 aliphatic rings. The SMILES string of the molecule is CC1(C)[C@H]2CC[C@@H](C2)[C@]1(C)NC(=O)CNCCN1CCOCC1. The number of carbonyl (C=O) groups is 1. The van der Waals surface area contributed by atoms with Crippen molar-refractivity contribution in [3.8, 4) is 0 Å². The number of hydrogen-bond acceptors (Lipinski definition) is 4. The van der Waals surface area contributed by atoms with Crippen molar-refractivity contribution in [3.63, 3.8) is 0 Å². The average Bonchev–Trinajstić information content (AvgIpc) is 3.08. The van der Waals surface area contributed by atoms with Gasteiger partial charge in [0, 0.05) is 31.7 Å². The molecule has 0 aromatic heterocycles. The lowest BCUT2D eigenvalue weighted by atomic mass is 9.64. The van der Waals surface area contributed by atoms with Gasteiger partial charge in [-0.2, -0.15) is 0 Å². The predicted molar refractivity (Wildman–Crippen MR) is 91.3 cm³/mol. The number of hydrogen-bond donors (Lipinski definition) is 2. The van der Waals surface area contributed by atoms with E-state index in [-0.39, 0.29) is 16.9 Å². The minimum Gasteiger partial charge on any atom is -0.379 e. The summed E-state index contributed by atoms with van der Waals surface area (Å²) in [6, 6.07) is 0. The highest BCUT2D eigenvalue weighted by atomic mass is 16.5. The minimum atomic E-state index is -0.0428. The molecule has 0 spiro atoms. The fraction of sp³-hybridized carbons (Fsp3) is 0.944. The van der Waals surface area contributed by atoms with Crippen molar-refractivity contribution in [2.45, 2.75) is 45.6 Å². The molecule has 1 aliphatic heterocycles. The summed E-state index contributed by atoms with van der Waals surface area (Å²) in [4.78, 5) is 14.8. The highest BCUT2D eigenvalue weighted by Crippen LogP contribution is 2.61. The van der Waals surface area contributed by atoms with Gasteiger partial charge in [0.05, 0.1) is 19.8 Å². The molecule has 1 heterocycles. The lowest BCUT2D eigenvalue weighted by Crippen LogP contribution is -2.60. The molecule has 2 N–H and O–H groups in total. The lowest BCUT2D eigenvalue weighted by Gasteiger charge is -2.48. The third-order valence-corrected chi connectivity index (χ3v) is 7.00. The Morgan fingerprint density at radius 3 is 2.52 bits per heavy atom. The summed E-state index contributed by atoms with van der Waals surface area (Å²) < 4.78 is 5.35. The molecule has 1 amide bonds. The second-order valence-corrected chi connectivity index (χ2v) is 8.31. The third-order valence-electron chi connectivity index (χ3n) is 7.00. The topological polar surface area (TPSA) is 53.6 Å². The summed E-state index contributed by atoms with van der Waals surface area (Å²) in [6.07, 6.45) is 3.89. The van der Waals surface area contributed by atoms with E-state index in [1.54, 1.807) is 0 Å². The molecule has 3 rings (SSSR count). The summed E-state index contributed by atoms with van der Waals surface area (Å²) >= 11 is 0. The van der Waals surface area contributed by atoms with Gasteiger partial charge in [0.1, 0.15) is 0 Å². The molecule has 3 atom stereocenters. The van der Waals surface area contributed by atoms with Crippen LogP contribution in [0.2, 0.25) is 0 Å². The van der Waals surface area contributed by atoms with Crippen molar-refractivity contribution in [1.29, 1.82) is 0 Å². The Labute approximate surface area is 140 Å². The zero-order chi connectivity index (χ0) is 16.5. The Balaban J connectivity index is 1.41. The quantitative estimate of drug-likeness (QED) is 0.722. The van der Waals surface area contributed by atoms with E-state index in [9.17, 15) is 4.79 Å². The number of amides is 1. The number of nitrogens with one attached hydrogen (secondary N) is 2. The van der Waals surface area contributed by atoms with E-state index in [4.69, 9.17) is 4.74 Å². The van der Waals surface area contributed by atoms with Crippen molar-refractivity contribution < 1.29 is 9.53 Å². The van der Waals surface area contributed by atoms with E-state index in [0.717, 1.165) is 45.3 Å². The highest BCUT2D eigenvalue weighted by molar-refractivity contribution is 5.79. The van der Waals surface area contributed by atoms with Gasteiger partial charge in [-0.05, 0) is 43.4 Å². The van der Waals surface area contributed by atoms with Gasteiger partial charge in [-0.3, -0.25) is 9.69 Å². The van der Waals surface area contributed by atoms with Gasteiger partial charge in [-0.25, -0.2) is 0 Å². The van der Waals surface area contributed by atoms with Crippen LogP contribution in [0.3, 0.4) is 0 Å². The van der Waals surface area contributed by atoms with Gasteiger partial charge >= 0.3 is 0 Å². The number of rotatable bonds is 6. The number of nitrogens with zero attached hydrogens (tertiary/aromatic N) is 1. The molecule has 2 saturated carbocycles. The average molecular weight is 323 g/mol. The van der Waals surface area contributed by atoms with Crippen molar-refractivity contribution in [3.05, 3.63) is 0 Å². The molecule has 5 nitrogen and oxygen atoms in total. The number of ether oxygens (including phenoxy) is 1. The molecule has 0 aromatic carbocycles. The minimum absolute atomic E-state index is 0.0428. The normalized spacial score (nSPS) is 36.3. The molecular formula is C18H33N3O2. The van der Waals surface area contributed by atoms with Crippen LogP contribution >= 0.6 is 0 Å². The Morgan fingerprint density at radius 1 is 1.17 bits per heavy atom. The van der Waals surface area contributed by atoms with E-state index in [1.807, 2.05) is 0 Å². The first-order chi connectivity index (χ1) is 10.9. The zero-order valence-electron chi connectivity index (χ0n) is 15.0. The molecular weight excluding hydrogens is 290 g/mol. The first-order valence-corrected chi connectivity index (χ1v) is 9.25. The van der Waals surface area contributed by atoms with Crippen LogP contribution < -0.4 is 10.6 Å². The van der Waals surface area contributed by atoms with Crippen LogP contribution in [0.5, 0.6) is 0 Å². The van der Waals surface area contributed by atoms with Crippen molar-refractivity contribution in [2.24, 2.45) is 17.3 Å². The van der Waals surface area contributed by atoms with Crippen molar-refractivity contribution in [1.82, 2.24) is 15.5 Å². The standard InChI is InChI=1S/C18H33N3O2/c1-17(2)14-4-5-15(12-14)18(17,3)20-16(22)13-19-6-7-21-8-10-23-11-9-21/h14-15,19H,4-13H2,1-3H3,(H,20,22)/t14-,15-,18-/m0/s1. The maximum Gasteiger partial charge on any atom is 0.234 e. The molecule has 0 aromatic rings. The number of morpholine rings is 1. The van der Waals surface area contributed by atoms with Crippen LogP contribution in [0.25, 0.3) is 0 Å². The van der Waals surface area contributed by atoms with Crippen molar-refractivity contribution in [2.75, 3.05) is 45.9 Å². The summed E-state index contributed by atoms with van der Waals surface area (Å²) in [5.74, 6) is 1.57. The number of carbonyl (C=O) groups excluding carboxylic acids is 1. The fourth-order valence-electron chi connectivity index (χ4n) is 4.97. The van der Waals surface area contributed by atoms with E-state index in [1.165, 1.54) is 19.3 Å². The Morgan fingerprint density at radius 2 is 1.87 bits per heavy atom. The molecule has 3 fully saturated rings. The molecule has 0 radical (unpaired) electrons. The van der Waals surface area contributed by atoms with Crippen molar-refractivity contribution >= 4 is 5.91 Å². The first kappa shape index (κ1) is 17.2. The largest absolute Gasteiger partial charge is 0.379 e. The van der Waals surface area contributed by atoms with Crippen LogP contribution in [0.1, 0.15) is 40.0 Å². The summed E-state index contributed by atoms with van der Waals surface area (Å²) in [7, 11) is 0. The van der Waals surface area contributed by atoms with E-state index < -0.39 is 0 Å². The molecule has 0 unspecified atom stereocenters. The van der Waals surface area contributed by atoms with Crippen LogP contribution in [0.15, 0.2) is 0 Å². The van der Waals surface area contributed by atoms with Crippen LogP contribution in [-0.2, 0) is 9.53 Å². The summed E-state index contributed by atoms with van der Waals surface area (Å²) in [6.45, 7) is 12.9. The molecule has 132 valence electrons. The maximum atomic E-state index is 12.4. The van der Waals surface area contributed by atoms with Crippen LogP contribution in [0.4, 0.5) is 0 Å². The third kappa shape index (κ3) is 3.28. The lowest BCUT2D eigenvalue weighted by molar-refractivity contribution is -0.124. The summed E-state index contributed by atoms with van der Waals surface area (Å²) in [5, 5.41) is 6.68. The number of fused-ring (bicyclic) bond motifs is 2. The highest BCUT2D eigenvalue weighted by Gasteiger charge is 2.60. The van der Waals surface area contributed by atoms with Gasteiger partial charge in [0.25, 0.3) is 0 Å². The molecule has 23 heavy (non-hydrogen) atoms. The fourth-order valence-corrected chi connectivity index (χ4v) is 4.97. The smallest absolute Gasteiger partial charge is 0.234 e. The molecule has 1 saturated heterocycles.